The second kappa shape index (κ2) is 13.4. The highest BCUT2D eigenvalue weighted by Gasteiger charge is 2.52. The van der Waals surface area contributed by atoms with E-state index in [1.807, 2.05) is 18.2 Å². The summed E-state index contributed by atoms with van der Waals surface area (Å²) >= 11 is 0. The van der Waals surface area contributed by atoms with Crippen LogP contribution >= 0.6 is 0 Å². The Morgan fingerprint density at radius 2 is 1.64 bits per heavy atom. The Kier molecular flexibility index (Phi) is 9.90. The summed E-state index contributed by atoms with van der Waals surface area (Å²) in [7, 11) is -4.05. The number of nitrogens with one attached hydrogen (secondary N) is 1. The lowest BCUT2D eigenvalue weighted by Crippen LogP contribution is -2.64. The second-order valence-corrected chi connectivity index (χ2v) is 12.6. The number of amides is 1. The molecule has 44 heavy (non-hydrogen) atoms. The van der Waals surface area contributed by atoms with E-state index in [4.69, 9.17) is 14.2 Å². The zero-order chi connectivity index (χ0) is 32.1. The number of nitrogens with zero attached hydrogens (tertiary/aromatic N) is 1. The number of aliphatic carboxylic acids is 1. The smallest absolute Gasteiger partial charge is 0.410 e. The van der Waals surface area contributed by atoms with E-state index in [1.165, 1.54) is 53.7 Å². The lowest BCUT2D eigenvalue weighted by atomic mass is 9.87. The van der Waals surface area contributed by atoms with Crippen LogP contribution in [-0.2, 0) is 41.1 Å². The molecule has 1 saturated heterocycles. The fourth-order valence-corrected chi connectivity index (χ4v) is 6.17. The van der Waals surface area contributed by atoms with Gasteiger partial charge in [-0.2, -0.15) is 4.31 Å². The van der Waals surface area contributed by atoms with Crippen molar-refractivity contribution in [3.63, 3.8) is 0 Å². The van der Waals surface area contributed by atoms with Gasteiger partial charge in [-0.15, -0.1) is 0 Å². The van der Waals surface area contributed by atoms with Crippen molar-refractivity contribution in [3.8, 4) is 5.75 Å². The molecule has 1 fully saturated rings. The molecule has 1 amide bonds. The Hall–Kier alpha value is -4.49. The third-order valence-electron chi connectivity index (χ3n) is 6.87. The molecule has 1 aliphatic heterocycles. The zero-order valence-electron chi connectivity index (χ0n) is 24.3. The number of ether oxygens (including phenoxy) is 3. The zero-order valence-corrected chi connectivity index (χ0v) is 25.1. The van der Waals surface area contributed by atoms with Crippen molar-refractivity contribution in [1.82, 2.24) is 9.62 Å². The summed E-state index contributed by atoms with van der Waals surface area (Å²) in [5.74, 6) is -2.66. The number of alkyl carbamates (subject to hydrolysis) is 1. The van der Waals surface area contributed by atoms with E-state index >= 15 is 0 Å². The Labute approximate surface area is 254 Å². The van der Waals surface area contributed by atoms with Gasteiger partial charge in [0.2, 0.25) is 16.3 Å². The predicted octanol–water partition coefficient (Wildman–Crippen LogP) is 4.07. The van der Waals surface area contributed by atoms with Gasteiger partial charge in [0.05, 0.1) is 23.9 Å². The third-order valence-corrected chi connectivity index (χ3v) is 8.65. The Balaban J connectivity index is 1.46. The van der Waals surface area contributed by atoms with Crippen LogP contribution in [0.15, 0.2) is 83.8 Å². The third kappa shape index (κ3) is 7.71. The van der Waals surface area contributed by atoms with E-state index in [9.17, 15) is 32.3 Å². The van der Waals surface area contributed by atoms with Gasteiger partial charge in [0.15, 0.2) is 5.60 Å². The van der Waals surface area contributed by atoms with Gasteiger partial charge in [-0.25, -0.2) is 22.4 Å². The van der Waals surface area contributed by atoms with Gasteiger partial charge in [0, 0.05) is 19.4 Å². The maximum absolute atomic E-state index is 13.9. The standard InChI is InChI=1S/C31H33FN2O9S/c1-20(2)29(37)41-21(3)42-30(38)33-27(28(35)36)16-22-9-7-14-26(15-22)44(39,40)34-18-31(19-34,23-10-5-4-6-11-23)43-25-13-8-12-24(32)17-25/h4-15,17,20-21,27H,16,18-19H2,1-3H3,(H,33,38)(H,35,36). The van der Waals surface area contributed by atoms with Crippen LogP contribution in [0.5, 0.6) is 5.75 Å². The van der Waals surface area contributed by atoms with Gasteiger partial charge in [0.25, 0.3) is 0 Å². The van der Waals surface area contributed by atoms with E-state index in [1.54, 1.807) is 32.0 Å². The highest BCUT2D eigenvalue weighted by Crippen LogP contribution is 2.40. The molecule has 11 nitrogen and oxygen atoms in total. The summed E-state index contributed by atoms with van der Waals surface area (Å²) in [6.45, 7) is 4.42. The first-order valence-corrected chi connectivity index (χ1v) is 15.2. The highest BCUT2D eigenvalue weighted by atomic mass is 32.2. The normalized spacial score (nSPS) is 15.8. The molecule has 1 aliphatic rings. The lowest BCUT2D eigenvalue weighted by Gasteiger charge is -2.48. The van der Waals surface area contributed by atoms with Crippen molar-refractivity contribution < 1.29 is 46.5 Å². The minimum absolute atomic E-state index is 0.0508. The van der Waals surface area contributed by atoms with E-state index in [0.29, 0.717) is 5.56 Å². The lowest BCUT2D eigenvalue weighted by molar-refractivity contribution is -0.169. The first-order chi connectivity index (χ1) is 20.8. The predicted molar refractivity (Wildman–Crippen MR) is 155 cm³/mol. The molecule has 0 radical (unpaired) electrons. The van der Waals surface area contributed by atoms with Gasteiger partial charge in [-0.1, -0.05) is 62.4 Å². The van der Waals surface area contributed by atoms with Crippen LogP contribution in [0.25, 0.3) is 0 Å². The van der Waals surface area contributed by atoms with Crippen LogP contribution in [0.2, 0.25) is 0 Å². The maximum Gasteiger partial charge on any atom is 0.410 e. The summed E-state index contributed by atoms with van der Waals surface area (Å²) < 4.78 is 58.4. The molecule has 2 N–H and O–H groups in total. The van der Waals surface area contributed by atoms with Crippen LogP contribution in [0.3, 0.4) is 0 Å². The average molecular weight is 629 g/mol. The molecule has 0 saturated carbocycles. The minimum Gasteiger partial charge on any atom is -0.480 e. The molecular weight excluding hydrogens is 595 g/mol. The van der Waals surface area contributed by atoms with Crippen molar-refractivity contribution >= 4 is 28.1 Å². The van der Waals surface area contributed by atoms with Crippen LogP contribution < -0.4 is 10.1 Å². The number of carboxylic acid groups (broad SMARTS) is 1. The Bertz CT molecular complexity index is 1610. The number of rotatable bonds is 12. The van der Waals surface area contributed by atoms with Crippen molar-refractivity contribution in [2.75, 3.05) is 13.1 Å². The van der Waals surface area contributed by atoms with Crippen LogP contribution in [0.4, 0.5) is 9.18 Å². The van der Waals surface area contributed by atoms with Crippen molar-refractivity contribution in [2.24, 2.45) is 5.92 Å². The molecule has 0 aliphatic carbocycles. The highest BCUT2D eigenvalue weighted by molar-refractivity contribution is 7.89. The largest absolute Gasteiger partial charge is 0.480 e. The fraction of sp³-hybridized carbons (Fsp3) is 0.323. The number of esters is 1. The minimum atomic E-state index is -4.05. The monoisotopic (exact) mass is 628 g/mol. The average Bonchev–Trinajstić information content (AvgIpc) is 2.94. The van der Waals surface area contributed by atoms with Crippen molar-refractivity contribution in [3.05, 3.63) is 95.8 Å². The molecule has 3 aromatic carbocycles. The molecule has 2 atom stereocenters. The van der Waals surface area contributed by atoms with Crippen molar-refractivity contribution in [2.45, 2.75) is 50.0 Å². The first-order valence-electron chi connectivity index (χ1n) is 13.8. The molecule has 1 heterocycles. The Morgan fingerprint density at radius 3 is 2.27 bits per heavy atom. The number of carbonyl (C=O) groups is 3. The summed E-state index contributed by atoms with van der Waals surface area (Å²) in [5.41, 5.74) is -0.0112. The van der Waals surface area contributed by atoms with Gasteiger partial charge in [-0.05, 0) is 35.4 Å². The van der Waals surface area contributed by atoms with Gasteiger partial charge >= 0.3 is 18.0 Å². The maximum atomic E-state index is 13.9. The van der Waals surface area contributed by atoms with Crippen LogP contribution in [0.1, 0.15) is 31.9 Å². The van der Waals surface area contributed by atoms with E-state index in [2.05, 4.69) is 5.32 Å². The molecule has 3 aromatic rings. The second-order valence-electron chi connectivity index (χ2n) is 10.6. The number of benzene rings is 3. The molecule has 0 spiro atoms. The van der Waals surface area contributed by atoms with Crippen LogP contribution in [0, 0.1) is 11.7 Å². The molecule has 0 aromatic heterocycles. The van der Waals surface area contributed by atoms with Gasteiger partial charge < -0.3 is 24.6 Å². The topological polar surface area (TPSA) is 149 Å². The quantitative estimate of drug-likeness (QED) is 0.224. The van der Waals surface area contributed by atoms with Gasteiger partial charge in [-0.3, -0.25) is 4.79 Å². The summed E-state index contributed by atoms with van der Waals surface area (Å²) in [4.78, 5) is 35.8. The molecule has 234 valence electrons. The molecular formula is C31H33FN2O9S. The fourth-order valence-electron chi connectivity index (χ4n) is 4.57. The van der Waals surface area contributed by atoms with E-state index < -0.39 is 57.7 Å². The molecule has 13 heteroatoms. The van der Waals surface area contributed by atoms with E-state index in [0.717, 1.165) is 5.56 Å². The first kappa shape index (κ1) is 32.4. The number of carboxylic acids is 1. The molecule has 4 rings (SSSR count). The Morgan fingerprint density at radius 1 is 0.955 bits per heavy atom. The number of carbonyl (C=O) groups excluding carboxylic acids is 2. The number of halogens is 1. The molecule has 0 bridgehead atoms. The number of hydrogen-bond donors (Lipinski definition) is 2. The van der Waals surface area contributed by atoms with E-state index in [-0.39, 0.29) is 30.2 Å². The van der Waals surface area contributed by atoms with Gasteiger partial charge in [0.1, 0.15) is 17.6 Å². The SMILES string of the molecule is CC(OC(=O)NC(Cc1cccc(S(=O)(=O)N2CC(Oc3cccc(F)c3)(c3ccccc3)C2)c1)C(=O)O)OC(=O)C(C)C. The summed E-state index contributed by atoms with van der Waals surface area (Å²) in [5, 5.41) is 11.9. The molecule has 2 unspecified atom stereocenters. The van der Waals surface area contributed by atoms with Crippen LogP contribution in [-0.4, -0.2) is 61.3 Å². The van der Waals surface area contributed by atoms with Crippen molar-refractivity contribution in [1.29, 1.82) is 0 Å². The number of hydrogen-bond acceptors (Lipinski definition) is 8. The summed E-state index contributed by atoms with van der Waals surface area (Å²) in [6, 6.07) is 18.9. The number of sulfonamides is 1. The summed E-state index contributed by atoms with van der Waals surface area (Å²) in [6.07, 6.45) is -2.64.